The highest BCUT2D eigenvalue weighted by atomic mass is 16.5. The van der Waals surface area contributed by atoms with Crippen LogP contribution in [0.2, 0.25) is 0 Å². The molecular formula is C20H21N7O. The van der Waals surface area contributed by atoms with Gasteiger partial charge in [0.15, 0.2) is 5.82 Å². The molecule has 1 saturated carbocycles. The Morgan fingerprint density at radius 3 is 2.68 bits per heavy atom. The van der Waals surface area contributed by atoms with E-state index >= 15 is 0 Å². The summed E-state index contributed by atoms with van der Waals surface area (Å²) in [6.45, 7) is 1.94. The Balaban J connectivity index is 1.32. The molecule has 8 nitrogen and oxygen atoms in total. The molecule has 1 fully saturated rings. The lowest BCUT2D eigenvalue weighted by atomic mass is 9.93. The van der Waals surface area contributed by atoms with Crippen LogP contribution in [0.4, 0.5) is 5.82 Å². The average Bonchev–Trinajstić information content (AvgIpc) is 3.16. The van der Waals surface area contributed by atoms with Crippen molar-refractivity contribution >= 4 is 5.82 Å². The van der Waals surface area contributed by atoms with Crippen molar-refractivity contribution in [2.45, 2.75) is 44.8 Å². The number of hydrogen-bond donors (Lipinski definition) is 1. The fourth-order valence-electron chi connectivity index (χ4n) is 3.38. The second-order valence-corrected chi connectivity index (χ2v) is 6.84. The zero-order valence-electron chi connectivity index (χ0n) is 15.6. The number of aryl methyl sites for hydroxylation is 1. The van der Waals surface area contributed by atoms with Crippen LogP contribution in [0.5, 0.6) is 5.88 Å². The van der Waals surface area contributed by atoms with E-state index in [0.717, 1.165) is 43.1 Å². The van der Waals surface area contributed by atoms with Crippen LogP contribution in [0.25, 0.3) is 5.82 Å². The summed E-state index contributed by atoms with van der Waals surface area (Å²) in [5, 5.41) is 12.3. The molecule has 4 rings (SSSR count). The first-order valence-electron chi connectivity index (χ1n) is 9.33. The Kier molecular flexibility index (Phi) is 5.15. The normalized spacial score (nSPS) is 19.0. The van der Waals surface area contributed by atoms with E-state index < -0.39 is 0 Å². The lowest BCUT2D eigenvalue weighted by molar-refractivity contribution is 0.144. The standard InChI is InChI=1S/C20H21N7O/c1-14-23-8-9-27(14)19-13-22-12-18(26-19)25-16-3-5-17(6-4-16)28-20-7-2-15(10-21)11-24-20/h2,7-9,11-13,16-17H,3-6H2,1H3,(H,25,26). The van der Waals surface area contributed by atoms with Gasteiger partial charge in [0, 0.05) is 30.7 Å². The van der Waals surface area contributed by atoms with E-state index in [1.54, 1.807) is 30.7 Å². The van der Waals surface area contributed by atoms with E-state index in [0.29, 0.717) is 17.5 Å². The molecule has 0 aromatic carbocycles. The number of hydrogen-bond acceptors (Lipinski definition) is 7. The predicted molar refractivity (Wildman–Crippen MR) is 103 cm³/mol. The maximum absolute atomic E-state index is 8.83. The Morgan fingerprint density at radius 2 is 2.00 bits per heavy atom. The summed E-state index contributed by atoms with van der Waals surface area (Å²) in [6, 6.07) is 5.87. The Morgan fingerprint density at radius 1 is 1.14 bits per heavy atom. The van der Waals surface area contributed by atoms with Crippen molar-refractivity contribution in [1.82, 2.24) is 24.5 Å². The second-order valence-electron chi connectivity index (χ2n) is 6.84. The first kappa shape index (κ1) is 17.9. The fraction of sp³-hybridized carbons (Fsp3) is 0.350. The lowest BCUT2D eigenvalue weighted by Crippen LogP contribution is -2.31. The number of nitrogens with one attached hydrogen (secondary N) is 1. The Labute approximate surface area is 163 Å². The van der Waals surface area contributed by atoms with E-state index in [9.17, 15) is 0 Å². The molecule has 3 heterocycles. The van der Waals surface area contributed by atoms with Crippen molar-refractivity contribution in [3.05, 3.63) is 54.5 Å². The minimum Gasteiger partial charge on any atom is -0.474 e. The molecule has 0 saturated heterocycles. The predicted octanol–water partition coefficient (Wildman–Crippen LogP) is 3.04. The van der Waals surface area contributed by atoms with Crippen LogP contribution in [0.15, 0.2) is 43.1 Å². The lowest BCUT2D eigenvalue weighted by Gasteiger charge is -2.29. The van der Waals surface area contributed by atoms with E-state index in [-0.39, 0.29) is 6.10 Å². The number of nitriles is 1. The molecule has 0 unspecified atom stereocenters. The molecule has 0 amide bonds. The van der Waals surface area contributed by atoms with Crippen LogP contribution in [0, 0.1) is 18.3 Å². The quantitative estimate of drug-likeness (QED) is 0.731. The number of pyridine rings is 1. The van der Waals surface area contributed by atoms with E-state index in [2.05, 4.69) is 31.3 Å². The van der Waals surface area contributed by atoms with Gasteiger partial charge in [-0.1, -0.05) is 0 Å². The molecular weight excluding hydrogens is 354 g/mol. The van der Waals surface area contributed by atoms with Gasteiger partial charge in [0.2, 0.25) is 5.88 Å². The number of imidazole rings is 1. The summed E-state index contributed by atoms with van der Waals surface area (Å²) in [7, 11) is 0. The van der Waals surface area contributed by atoms with Crippen molar-refractivity contribution in [2.24, 2.45) is 0 Å². The SMILES string of the molecule is Cc1nccn1-c1cncc(NC2CCC(Oc3ccc(C#N)cn3)CC2)n1. The monoisotopic (exact) mass is 375 g/mol. The van der Waals surface area contributed by atoms with Gasteiger partial charge in [0.25, 0.3) is 0 Å². The molecule has 0 atom stereocenters. The summed E-state index contributed by atoms with van der Waals surface area (Å²) in [6.07, 6.45) is 12.6. The van der Waals surface area contributed by atoms with Gasteiger partial charge in [-0.2, -0.15) is 5.26 Å². The zero-order chi connectivity index (χ0) is 19.3. The number of aromatic nitrogens is 5. The van der Waals surface area contributed by atoms with Gasteiger partial charge in [-0.15, -0.1) is 0 Å². The third kappa shape index (κ3) is 4.09. The number of anilines is 1. The van der Waals surface area contributed by atoms with Crippen molar-refractivity contribution in [3.63, 3.8) is 0 Å². The highest BCUT2D eigenvalue weighted by Gasteiger charge is 2.23. The molecule has 3 aromatic heterocycles. The number of ether oxygens (including phenoxy) is 1. The molecule has 0 spiro atoms. The molecule has 3 aromatic rings. The van der Waals surface area contributed by atoms with Crippen molar-refractivity contribution < 1.29 is 4.74 Å². The van der Waals surface area contributed by atoms with Crippen molar-refractivity contribution in [3.8, 4) is 17.8 Å². The summed E-state index contributed by atoms with van der Waals surface area (Å²) >= 11 is 0. The summed E-state index contributed by atoms with van der Waals surface area (Å²) in [5.74, 6) is 2.97. The molecule has 1 aliphatic carbocycles. The molecule has 0 bridgehead atoms. The van der Waals surface area contributed by atoms with Crippen LogP contribution in [0.3, 0.4) is 0 Å². The van der Waals surface area contributed by atoms with E-state index in [4.69, 9.17) is 10.00 Å². The average molecular weight is 375 g/mol. The van der Waals surface area contributed by atoms with Gasteiger partial charge in [-0.25, -0.2) is 15.0 Å². The maximum Gasteiger partial charge on any atom is 0.213 e. The Hall–Kier alpha value is -3.47. The van der Waals surface area contributed by atoms with E-state index in [1.165, 1.54) is 6.20 Å². The zero-order valence-corrected chi connectivity index (χ0v) is 15.6. The van der Waals surface area contributed by atoms with Crippen molar-refractivity contribution in [1.29, 1.82) is 5.26 Å². The van der Waals surface area contributed by atoms with Crippen LogP contribution < -0.4 is 10.1 Å². The van der Waals surface area contributed by atoms with Crippen LogP contribution >= 0.6 is 0 Å². The molecule has 142 valence electrons. The van der Waals surface area contributed by atoms with Crippen LogP contribution in [-0.2, 0) is 0 Å². The third-order valence-electron chi connectivity index (χ3n) is 4.87. The summed E-state index contributed by atoms with van der Waals surface area (Å²) < 4.78 is 7.86. The second kappa shape index (κ2) is 8.05. The number of rotatable bonds is 5. The van der Waals surface area contributed by atoms with E-state index in [1.807, 2.05) is 17.7 Å². The summed E-state index contributed by atoms with van der Waals surface area (Å²) in [4.78, 5) is 17.4. The highest BCUT2D eigenvalue weighted by Crippen LogP contribution is 2.25. The summed E-state index contributed by atoms with van der Waals surface area (Å²) in [5.41, 5.74) is 0.537. The van der Waals surface area contributed by atoms with Crippen LogP contribution in [0.1, 0.15) is 37.1 Å². The number of nitrogens with zero attached hydrogens (tertiary/aromatic N) is 6. The van der Waals surface area contributed by atoms with Gasteiger partial charge >= 0.3 is 0 Å². The van der Waals surface area contributed by atoms with Gasteiger partial charge in [-0.05, 0) is 38.7 Å². The molecule has 8 heteroatoms. The minimum atomic E-state index is 0.143. The fourth-order valence-corrected chi connectivity index (χ4v) is 3.38. The first-order chi connectivity index (χ1) is 13.7. The third-order valence-corrected chi connectivity index (χ3v) is 4.87. The topological polar surface area (TPSA) is 102 Å². The van der Waals surface area contributed by atoms with Gasteiger partial charge in [0.05, 0.1) is 18.0 Å². The van der Waals surface area contributed by atoms with Gasteiger partial charge in [0.1, 0.15) is 23.8 Å². The molecule has 0 aliphatic heterocycles. The smallest absolute Gasteiger partial charge is 0.213 e. The molecule has 1 N–H and O–H groups in total. The van der Waals surface area contributed by atoms with Crippen molar-refractivity contribution in [2.75, 3.05) is 5.32 Å². The molecule has 28 heavy (non-hydrogen) atoms. The Bertz CT molecular complexity index is 969. The minimum absolute atomic E-state index is 0.143. The van der Waals surface area contributed by atoms with Gasteiger partial charge in [-0.3, -0.25) is 9.55 Å². The maximum atomic E-state index is 8.83. The highest BCUT2D eigenvalue weighted by molar-refractivity contribution is 5.37. The first-order valence-corrected chi connectivity index (χ1v) is 9.33. The molecule has 1 aliphatic rings. The largest absolute Gasteiger partial charge is 0.474 e. The van der Waals surface area contributed by atoms with Gasteiger partial charge < -0.3 is 10.1 Å². The molecule has 0 radical (unpaired) electrons. The van der Waals surface area contributed by atoms with Crippen LogP contribution in [-0.4, -0.2) is 36.6 Å².